The molecule has 3 aromatic rings. The summed E-state index contributed by atoms with van der Waals surface area (Å²) in [7, 11) is 0. The quantitative estimate of drug-likeness (QED) is 0.485. The van der Waals surface area contributed by atoms with Gasteiger partial charge in [0.2, 0.25) is 17.2 Å². The summed E-state index contributed by atoms with van der Waals surface area (Å²) < 4.78 is 7.92. The number of nitrogens with zero attached hydrogens (tertiary/aromatic N) is 2. The maximum atomic E-state index is 12.6. The Morgan fingerprint density at radius 1 is 1.21 bits per heavy atom. The molecule has 28 heavy (non-hydrogen) atoms. The van der Waals surface area contributed by atoms with Gasteiger partial charge in [-0.25, -0.2) is 9.78 Å². The Balaban J connectivity index is 2.28. The summed E-state index contributed by atoms with van der Waals surface area (Å²) in [5.74, 6) is -0.941. The zero-order valence-electron chi connectivity index (χ0n) is 14.4. The van der Waals surface area contributed by atoms with Crippen LogP contribution in [0.1, 0.15) is 17.3 Å². The largest absolute Gasteiger partial charge is 0.477 e. The molecule has 2 aromatic heterocycles. The first-order valence-electron chi connectivity index (χ1n) is 8.08. The smallest absolute Gasteiger partial charge is 0.341 e. The van der Waals surface area contributed by atoms with Crippen LogP contribution in [0.25, 0.3) is 11.3 Å². The highest BCUT2D eigenvalue weighted by Gasteiger charge is 2.23. The number of rotatable bonds is 5. The SMILES string of the molecule is CCn1c(Oc2cccc(Br)n2)cc(=O)c(C(=O)O)c1-c1ccc(Cl)c(Cl)c1. The van der Waals surface area contributed by atoms with E-state index in [0.29, 0.717) is 21.7 Å². The zero-order chi connectivity index (χ0) is 20.4. The first kappa shape index (κ1) is 20.4. The van der Waals surface area contributed by atoms with E-state index < -0.39 is 11.4 Å². The molecule has 0 saturated heterocycles. The van der Waals surface area contributed by atoms with Crippen LogP contribution >= 0.6 is 39.1 Å². The molecule has 0 aliphatic heterocycles. The highest BCUT2D eigenvalue weighted by molar-refractivity contribution is 9.10. The molecule has 1 N–H and O–H groups in total. The van der Waals surface area contributed by atoms with Crippen molar-refractivity contribution < 1.29 is 14.6 Å². The molecule has 1 aromatic carbocycles. The average Bonchev–Trinajstić information content (AvgIpc) is 2.63. The summed E-state index contributed by atoms with van der Waals surface area (Å²) in [5, 5.41) is 10.2. The molecule has 0 saturated carbocycles. The first-order valence-corrected chi connectivity index (χ1v) is 9.63. The van der Waals surface area contributed by atoms with Gasteiger partial charge in [0.05, 0.1) is 15.7 Å². The van der Waals surface area contributed by atoms with Gasteiger partial charge in [-0.2, -0.15) is 0 Å². The van der Waals surface area contributed by atoms with E-state index in [1.807, 2.05) is 0 Å². The number of benzene rings is 1. The van der Waals surface area contributed by atoms with Crippen molar-refractivity contribution in [3.63, 3.8) is 0 Å². The Hall–Kier alpha value is -2.35. The normalized spacial score (nSPS) is 10.7. The van der Waals surface area contributed by atoms with Gasteiger partial charge in [0, 0.05) is 24.2 Å². The van der Waals surface area contributed by atoms with E-state index in [1.54, 1.807) is 41.8 Å². The highest BCUT2D eigenvalue weighted by atomic mass is 79.9. The molecule has 0 bridgehead atoms. The summed E-state index contributed by atoms with van der Waals surface area (Å²) in [5.41, 5.74) is -0.470. The molecule has 0 atom stereocenters. The van der Waals surface area contributed by atoms with Crippen molar-refractivity contribution in [2.45, 2.75) is 13.5 Å². The molecule has 0 radical (unpaired) electrons. The van der Waals surface area contributed by atoms with Gasteiger partial charge in [-0.05, 0) is 41.1 Å². The van der Waals surface area contributed by atoms with Gasteiger partial charge >= 0.3 is 5.97 Å². The minimum Gasteiger partial charge on any atom is -0.477 e. The van der Waals surface area contributed by atoms with Crippen molar-refractivity contribution in [2.75, 3.05) is 0 Å². The van der Waals surface area contributed by atoms with Gasteiger partial charge in [-0.3, -0.25) is 4.79 Å². The van der Waals surface area contributed by atoms with Crippen molar-refractivity contribution >= 4 is 45.1 Å². The van der Waals surface area contributed by atoms with Gasteiger partial charge in [0.1, 0.15) is 10.2 Å². The molecular formula is C19H13BrCl2N2O4. The number of hydrogen-bond donors (Lipinski definition) is 1. The first-order chi connectivity index (χ1) is 13.3. The van der Waals surface area contributed by atoms with Crippen molar-refractivity contribution in [2.24, 2.45) is 0 Å². The third-order valence-electron chi connectivity index (χ3n) is 3.90. The molecular weight excluding hydrogens is 471 g/mol. The van der Waals surface area contributed by atoms with Crippen LogP contribution in [0.5, 0.6) is 11.8 Å². The van der Waals surface area contributed by atoms with Crippen LogP contribution in [-0.4, -0.2) is 20.6 Å². The molecule has 0 fully saturated rings. The molecule has 144 valence electrons. The molecule has 0 aliphatic carbocycles. The number of carboxylic acid groups (broad SMARTS) is 1. The van der Waals surface area contributed by atoms with Gasteiger partial charge in [0.25, 0.3) is 0 Å². The van der Waals surface area contributed by atoms with E-state index in [1.165, 1.54) is 6.07 Å². The topological polar surface area (TPSA) is 81.4 Å². The number of carbonyl (C=O) groups is 1. The van der Waals surface area contributed by atoms with E-state index in [-0.39, 0.29) is 28.0 Å². The monoisotopic (exact) mass is 482 g/mol. The third kappa shape index (κ3) is 4.06. The summed E-state index contributed by atoms with van der Waals surface area (Å²) in [6.07, 6.45) is 0. The minimum atomic E-state index is -1.35. The summed E-state index contributed by atoms with van der Waals surface area (Å²) >= 11 is 15.3. The number of carboxylic acids is 1. The van der Waals surface area contributed by atoms with Gasteiger partial charge in [-0.1, -0.05) is 35.3 Å². The number of ether oxygens (including phenoxy) is 1. The number of aromatic carboxylic acids is 1. The van der Waals surface area contributed by atoms with Crippen LogP contribution < -0.4 is 10.2 Å². The lowest BCUT2D eigenvalue weighted by Crippen LogP contribution is -2.21. The second-order valence-electron chi connectivity index (χ2n) is 5.65. The fourth-order valence-corrected chi connectivity index (χ4v) is 3.35. The summed E-state index contributed by atoms with van der Waals surface area (Å²) in [6, 6.07) is 10.9. The lowest BCUT2D eigenvalue weighted by molar-refractivity contribution is 0.0695. The molecule has 0 spiro atoms. The van der Waals surface area contributed by atoms with Crippen molar-refractivity contribution in [1.82, 2.24) is 9.55 Å². The Labute approximate surface area is 178 Å². The summed E-state index contributed by atoms with van der Waals surface area (Å²) in [6.45, 7) is 2.14. The Kier molecular flexibility index (Phi) is 6.07. The predicted molar refractivity (Wildman–Crippen MR) is 111 cm³/mol. The van der Waals surface area contributed by atoms with Gasteiger partial charge in [-0.15, -0.1) is 0 Å². The van der Waals surface area contributed by atoms with Crippen molar-refractivity contribution in [3.8, 4) is 23.0 Å². The lowest BCUT2D eigenvalue weighted by atomic mass is 10.0. The average molecular weight is 484 g/mol. The Morgan fingerprint density at radius 3 is 2.57 bits per heavy atom. The fraction of sp³-hybridized carbons (Fsp3) is 0.105. The molecule has 2 heterocycles. The van der Waals surface area contributed by atoms with E-state index in [0.717, 1.165) is 6.07 Å². The van der Waals surface area contributed by atoms with E-state index in [9.17, 15) is 14.7 Å². The Morgan fingerprint density at radius 2 is 1.96 bits per heavy atom. The van der Waals surface area contributed by atoms with Crippen LogP contribution in [0.4, 0.5) is 0 Å². The standard InChI is InChI=1S/C19H13BrCl2N2O4/c1-2-24-16(28-15-5-3-4-14(20)23-15)9-13(25)17(19(26)27)18(24)10-6-7-11(21)12(22)8-10/h3-9H,2H2,1H3,(H,26,27). The maximum absolute atomic E-state index is 12.6. The number of aromatic nitrogens is 2. The van der Waals surface area contributed by atoms with Crippen LogP contribution in [0.3, 0.4) is 0 Å². The van der Waals surface area contributed by atoms with E-state index in [2.05, 4.69) is 20.9 Å². The van der Waals surface area contributed by atoms with Crippen LogP contribution in [0.2, 0.25) is 10.0 Å². The molecule has 0 unspecified atom stereocenters. The minimum absolute atomic E-state index is 0.157. The van der Waals surface area contributed by atoms with Gasteiger partial charge < -0.3 is 14.4 Å². The molecule has 0 aliphatic rings. The number of halogens is 3. The molecule has 3 rings (SSSR count). The van der Waals surface area contributed by atoms with Crippen LogP contribution in [-0.2, 0) is 6.54 Å². The number of pyridine rings is 2. The predicted octanol–water partition coefficient (Wildman–Crippen LogP) is 5.49. The lowest BCUT2D eigenvalue weighted by Gasteiger charge is -2.19. The maximum Gasteiger partial charge on any atom is 0.341 e. The van der Waals surface area contributed by atoms with E-state index >= 15 is 0 Å². The zero-order valence-corrected chi connectivity index (χ0v) is 17.5. The number of hydrogen-bond acceptors (Lipinski definition) is 4. The second kappa shape index (κ2) is 8.34. The van der Waals surface area contributed by atoms with Gasteiger partial charge in [0.15, 0.2) is 0 Å². The van der Waals surface area contributed by atoms with Crippen molar-refractivity contribution in [1.29, 1.82) is 0 Å². The Bertz CT molecular complexity index is 1130. The van der Waals surface area contributed by atoms with E-state index in [4.69, 9.17) is 27.9 Å². The molecule has 9 heteroatoms. The molecule has 0 amide bonds. The highest BCUT2D eigenvalue weighted by Crippen LogP contribution is 2.33. The third-order valence-corrected chi connectivity index (χ3v) is 5.08. The fourth-order valence-electron chi connectivity index (χ4n) is 2.73. The van der Waals surface area contributed by atoms with Crippen molar-refractivity contribution in [3.05, 3.63) is 72.9 Å². The summed E-state index contributed by atoms with van der Waals surface area (Å²) in [4.78, 5) is 28.6. The molecule has 6 nitrogen and oxygen atoms in total. The second-order valence-corrected chi connectivity index (χ2v) is 7.28. The van der Waals surface area contributed by atoms with Crippen LogP contribution in [0, 0.1) is 0 Å². The van der Waals surface area contributed by atoms with Crippen LogP contribution in [0.15, 0.2) is 51.9 Å².